The number of nitrogens with zero attached hydrogens (tertiary/aromatic N) is 9. The number of H-pyrrole nitrogens is 1. The average molecular weight is 623 g/mol. The van der Waals surface area contributed by atoms with Gasteiger partial charge >= 0.3 is 0 Å². The van der Waals surface area contributed by atoms with Gasteiger partial charge in [0.05, 0.1) is 17.7 Å². The minimum absolute atomic E-state index is 0.156. The van der Waals surface area contributed by atoms with Gasteiger partial charge in [-0.15, -0.1) is 0 Å². The molecule has 47 heavy (non-hydrogen) atoms. The van der Waals surface area contributed by atoms with Crippen LogP contribution in [0, 0.1) is 5.82 Å². The number of aromatic amines is 1. The van der Waals surface area contributed by atoms with Gasteiger partial charge < -0.3 is 20.9 Å². The maximum absolute atomic E-state index is 13.2. The highest BCUT2D eigenvalue weighted by molar-refractivity contribution is 5.84. The fraction of sp³-hybridized carbons (Fsp3) is 0. The highest BCUT2D eigenvalue weighted by atomic mass is 19.1. The second kappa shape index (κ2) is 12.6. The number of halogens is 1. The van der Waals surface area contributed by atoms with Gasteiger partial charge in [0.15, 0.2) is 28.7 Å². The van der Waals surface area contributed by atoms with Crippen molar-refractivity contribution in [2.45, 2.75) is 0 Å². The molecular weight excluding hydrogens is 599 g/mol. The average Bonchev–Trinajstić information content (AvgIpc) is 3.81. The lowest BCUT2D eigenvalue weighted by Gasteiger charge is -2.07. The van der Waals surface area contributed by atoms with Crippen molar-refractivity contribution >= 4 is 22.9 Å². The number of anilines is 2. The van der Waals surface area contributed by atoms with Crippen LogP contribution in [-0.4, -0.2) is 49.8 Å². The minimum Gasteiger partial charge on any atom is -0.463 e. The van der Waals surface area contributed by atoms with E-state index in [4.69, 9.17) is 25.9 Å². The zero-order valence-electron chi connectivity index (χ0n) is 24.4. The molecule has 0 saturated carbocycles. The third-order valence-corrected chi connectivity index (χ3v) is 6.87. The Labute approximate surface area is 265 Å². The van der Waals surface area contributed by atoms with Crippen LogP contribution in [0.5, 0.6) is 0 Å². The van der Waals surface area contributed by atoms with Crippen LogP contribution in [-0.2, 0) is 0 Å². The lowest BCUT2D eigenvalue weighted by atomic mass is 10.1. The van der Waals surface area contributed by atoms with Gasteiger partial charge in [0, 0.05) is 47.7 Å². The number of benzene rings is 1. The summed E-state index contributed by atoms with van der Waals surface area (Å²) in [6.07, 6.45) is 11.5. The Bertz CT molecular complexity index is 2190. The van der Waals surface area contributed by atoms with Crippen LogP contribution in [0.3, 0.4) is 0 Å². The number of hydrogen-bond donors (Lipinski definition) is 3. The van der Waals surface area contributed by atoms with Crippen LogP contribution in [0.25, 0.3) is 68.0 Å². The number of aromatic nitrogens is 10. The summed E-state index contributed by atoms with van der Waals surface area (Å²) in [5.41, 5.74) is 17.9. The second-order valence-electron chi connectivity index (χ2n) is 9.93. The van der Waals surface area contributed by atoms with Crippen LogP contribution in [0.4, 0.5) is 16.0 Å². The molecule has 0 aliphatic carbocycles. The first-order valence-electron chi connectivity index (χ1n) is 14.1. The number of nitrogens with one attached hydrogen (secondary N) is 1. The highest BCUT2D eigenvalue weighted by Gasteiger charge is 2.18. The van der Waals surface area contributed by atoms with E-state index in [1.54, 1.807) is 67.6 Å². The summed E-state index contributed by atoms with van der Waals surface area (Å²) < 4.78 is 18.6. The zero-order valence-corrected chi connectivity index (χ0v) is 24.4. The molecule has 13 nitrogen and oxygen atoms in total. The molecular formula is C33H23FN12O. The molecule has 7 aromatic heterocycles. The molecule has 0 saturated heterocycles. The molecule has 14 heteroatoms. The van der Waals surface area contributed by atoms with E-state index in [-0.39, 0.29) is 17.5 Å². The van der Waals surface area contributed by atoms with Gasteiger partial charge in [-0.1, -0.05) is 0 Å². The van der Waals surface area contributed by atoms with Crippen molar-refractivity contribution < 1.29 is 8.81 Å². The Hall–Kier alpha value is -6.96. The molecule has 0 atom stereocenters. The second-order valence-corrected chi connectivity index (χ2v) is 9.93. The molecule has 0 aliphatic rings. The predicted octanol–water partition coefficient (Wildman–Crippen LogP) is 5.64. The topological polar surface area (TPSA) is 197 Å². The van der Waals surface area contributed by atoms with Gasteiger partial charge in [-0.25, -0.2) is 39.3 Å². The highest BCUT2D eigenvalue weighted by Crippen LogP contribution is 2.32. The van der Waals surface area contributed by atoms with Crippen molar-refractivity contribution in [3.8, 4) is 56.7 Å². The van der Waals surface area contributed by atoms with E-state index in [1.807, 2.05) is 24.3 Å². The number of nitrogens with two attached hydrogens (primary N) is 2. The van der Waals surface area contributed by atoms with Gasteiger partial charge in [0.1, 0.15) is 35.1 Å². The van der Waals surface area contributed by atoms with E-state index >= 15 is 0 Å². The number of rotatable bonds is 5. The number of nitrogen functional groups attached to an aromatic ring is 2. The summed E-state index contributed by atoms with van der Waals surface area (Å²) in [5, 5.41) is 0. The van der Waals surface area contributed by atoms with Gasteiger partial charge in [-0.3, -0.25) is 9.97 Å². The normalized spacial score (nSPS) is 10.8. The molecule has 0 spiro atoms. The van der Waals surface area contributed by atoms with Crippen LogP contribution >= 0.6 is 0 Å². The lowest BCUT2D eigenvalue weighted by Crippen LogP contribution is -2.05. The fourth-order valence-corrected chi connectivity index (χ4v) is 4.65. The van der Waals surface area contributed by atoms with E-state index in [0.29, 0.717) is 51.3 Å². The van der Waals surface area contributed by atoms with Gasteiger partial charge in [-0.2, -0.15) is 0 Å². The molecule has 5 N–H and O–H groups in total. The maximum atomic E-state index is 13.2. The molecule has 0 aliphatic heterocycles. The zero-order chi connectivity index (χ0) is 32.2. The van der Waals surface area contributed by atoms with Crippen molar-refractivity contribution in [3.63, 3.8) is 0 Å². The molecule has 8 aromatic rings. The van der Waals surface area contributed by atoms with E-state index in [1.165, 1.54) is 18.5 Å². The smallest absolute Gasteiger partial charge is 0.198 e. The van der Waals surface area contributed by atoms with Crippen molar-refractivity contribution in [1.29, 1.82) is 0 Å². The molecule has 8 rings (SSSR count). The van der Waals surface area contributed by atoms with E-state index in [2.05, 4.69) is 39.9 Å². The number of fused-ring (bicyclic) bond motifs is 1. The standard InChI is InChI=1S/C21H13FN6.C12H10N6O/c22-16-5-3-14(4-6-16)19-27-20-21(28-19)26-18(15-2-1-9-24-12-15)17(25-20)13-7-10-23-11-8-13;13-11-12(14)18-10(8-2-1-5-19-8)9(17-11)7-3-4-15-6-16-7/h1-12H,(H,25,26,27,28);1-6H,(H2,13,17)(H2,14,18). The third kappa shape index (κ3) is 6.06. The molecule has 0 radical (unpaired) electrons. The summed E-state index contributed by atoms with van der Waals surface area (Å²) >= 11 is 0. The van der Waals surface area contributed by atoms with Crippen molar-refractivity contribution in [2.24, 2.45) is 0 Å². The first-order valence-corrected chi connectivity index (χ1v) is 14.1. The maximum Gasteiger partial charge on any atom is 0.198 e. The lowest BCUT2D eigenvalue weighted by molar-refractivity contribution is 0.580. The van der Waals surface area contributed by atoms with Gasteiger partial charge in [0.25, 0.3) is 0 Å². The Balaban J connectivity index is 0.000000161. The number of pyridine rings is 2. The predicted molar refractivity (Wildman–Crippen MR) is 173 cm³/mol. The van der Waals surface area contributed by atoms with E-state index in [0.717, 1.165) is 16.7 Å². The molecule has 0 bridgehead atoms. The number of furan rings is 1. The van der Waals surface area contributed by atoms with Gasteiger partial charge in [-0.05, 0) is 66.7 Å². The quantitative estimate of drug-likeness (QED) is 0.214. The van der Waals surface area contributed by atoms with E-state index < -0.39 is 0 Å². The molecule has 0 unspecified atom stereocenters. The van der Waals surface area contributed by atoms with Crippen molar-refractivity contribution in [1.82, 2.24) is 49.8 Å². The Morgan fingerprint density at radius 2 is 1.38 bits per heavy atom. The largest absolute Gasteiger partial charge is 0.463 e. The summed E-state index contributed by atoms with van der Waals surface area (Å²) in [7, 11) is 0. The van der Waals surface area contributed by atoms with Gasteiger partial charge in [0.2, 0.25) is 0 Å². The van der Waals surface area contributed by atoms with Crippen LogP contribution < -0.4 is 11.5 Å². The molecule has 0 amide bonds. The summed E-state index contributed by atoms with van der Waals surface area (Å²) in [6, 6.07) is 18.9. The van der Waals surface area contributed by atoms with Crippen LogP contribution in [0.1, 0.15) is 0 Å². The molecule has 228 valence electrons. The summed E-state index contributed by atoms with van der Waals surface area (Å²) in [6.45, 7) is 0. The Morgan fingerprint density at radius 1 is 0.617 bits per heavy atom. The minimum atomic E-state index is -0.296. The molecule has 7 heterocycles. The fourth-order valence-electron chi connectivity index (χ4n) is 4.65. The molecule has 0 fully saturated rings. The molecule has 1 aromatic carbocycles. The third-order valence-electron chi connectivity index (χ3n) is 6.87. The first-order chi connectivity index (χ1) is 23.0. The Kier molecular flexibility index (Phi) is 7.70. The summed E-state index contributed by atoms with van der Waals surface area (Å²) in [5.74, 6) is 1.15. The van der Waals surface area contributed by atoms with Crippen molar-refractivity contribution in [3.05, 3.63) is 116 Å². The Morgan fingerprint density at radius 3 is 2.09 bits per heavy atom. The number of hydrogen-bond acceptors (Lipinski definition) is 12. The van der Waals surface area contributed by atoms with E-state index in [9.17, 15) is 4.39 Å². The van der Waals surface area contributed by atoms with Crippen molar-refractivity contribution in [2.75, 3.05) is 11.5 Å². The van der Waals surface area contributed by atoms with Crippen LogP contribution in [0.2, 0.25) is 0 Å². The monoisotopic (exact) mass is 622 g/mol. The van der Waals surface area contributed by atoms with Crippen LogP contribution in [0.15, 0.2) is 115 Å². The SMILES string of the molecule is Fc1ccc(-c2nc3nc(-c4ccncc4)c(-c4cccnc4)nc3[nH]2)cc1.Nc1nc(-c2ccncn2)c(-c2ccco2)nc1N. The summed E-state index contributed by atoms with van der Waals surface area (Å²) in [4.78, 5) is 42.0. The first kappa shape index (κ1) is 28.8. The number of imidazole rings is 1.